The maximum atomic E-state index is 10.7. The van der Waals surface area contributed by atoms with Crippen molar-refractivity contribution >= 4 is 17.5 Å². The van der Waals surface area contributed by atoms with Crippen LogP contribution in [0.3, 0.4) is 0 Å². The second-order valence-corrected chi connectivity index (χ2v) is 4.11. The summed E-state index contributed by atoms with van der Waals surface area (Å²) in [6.45, 7) is 1.92. The third-order valence-electron chi connectivity index (χ3n) is 2.79. The van der Waals surface area contributed by atoms with E-state index in [0.29, 0.717) is 17.1 Å². The van der Waals surface area contributed by atoms with Crippen LogP contribution in [0, 0.1) is 0 Å². The molecule has 2 rings (SSSR count). The summed E-state index contributed by atoms with van der Waals surface area (Å²) in [5.74, 6) is -1.70. The van der Waals surface area contributed by atoms with Crippen LogP contribution < -0.4 is 9.47 Å². The summed E-state index contributed by atoms with van der Waals surface area (Å²) in [4.78, 5) is 21.5. The Hall–Kier alpha value is -2.76. The molecule has 0 bridgehead atoms. The molecule has 1 aromatic rings. The molecule has 0 aromatic heterocycles. The molecule has 1 aliphatic rings. The van der Waals surface area contributed by atoms with E-state index in [1.807, 2.05) is 0 Å². The predicted octanol–water partition coefficient (Wildman–Crippen LogP) is 1.91. The van der Waals surface area contributed by atoms with Crippen molar-refractivity contribution in [3.63, 3.8) is 0 Å². The first-order valence-electron chi connectivity index (χ1n) is 5.74. The maximum absolute atomic E-state index is 10.7. The summed E-state index contributed by atoms with van der Waals surface area (Å²) in [5, 5.41) is 17.5. The zero-order valence-corrected chi connectivity index (χ0v) is 10.6. The van der Waals surface area contributed by atoms with Crippen molar-refractivity contribution in [1.82, 2.24) is 0 Å². The summed E-state index contributed by atoms with van der Waals surface area (Å²) in [5.41, 5.74) is 0.814. The Balaban J connectivity index is 2.28. The van der Waals surface area contributed by atoms with E-state index in [2.05, 4.69) is 0 Å². The molecule has 0 aliphatic carbocycles. The van der Waals surface area contributed by atoms with E-state index in [4.69, 9.17) is 19.7 Å². The lowest BCUT2D eigenvalue weighted by Crippen LogP contribution is -2.10. The third-order valence-corrected chi connectivity index (χ3v) is 2.79. The molecule has 0 fully saturated rings. The summed E-state index contributed by atoms with van der Waals surface area (Å²) in [7, 11) is 0. The van der Waals surface area contributed by atoms with Crippen LogP contribution in [0.5, 0.6) is 11.5 Å². The lowest BCUT2D eigenvalue weighted by atomic mass is 10.1. The van der Waals surface area contributed by atoms with E-state index >= 15 is 0 Å². The Morgan fingerprint density at radius 2 is 1.75 bits per heavy atom. The van der Waals surface area contributed by atoms with E-state index in [1.165, 1.54) is 6.08 Å². The fraction of sp³-hybridized carbons (Fsp3) is 0.143. The van der Waals surface area contributed by atoms with Gasteiger partial charge < -0.3 is 19.7 Å². The Bertz CT molecular complexity index is 611. The lowest BCUT2D eigenvalue weighted by molar-refractivity contribution is -0.140. The van der Waals surface area contributed by atoms with Crippen molar-refractivity contribution in [1.29, 1.82) is 0 Å². The molecule has 0 spiro atoms. The van der Waals surface area contributed by atoms with Crippen LogP contribution in [0.1, 0.15) is 12.5 Å². The number of carboxylic acids is 2. The van der Waals surface area contributed by atoms with Gasteiger partial charge in [-0.1, -0.05) is 12.1 Å². The second kappa shape index (κ2) is 5.48. The number of fused-ring (bicyclic) bond motifs is 1. The van der Waals surface area contributed by atoms with Crippen LogP contribution in [0.25, 0.3) is 5.57 Å². The Kier molecular flexibility index (Phi) is 3.74. The molecule has 6 nitrogen and oxygen atoms in total. The Labute approximate surface area is 114 Å². The summed E-state index contributed by atoms with van der Waals surface area (Å²) < 4.78 is 10.4. The minimum Gasteiger partial charge on any atom is -0.477 e. The van der Waals surface area contributed by atoms with E-state index in [0.717, 1.165) is 11.6 Å². The van der Waals surface area contributed by atoms with Gasteiger partial charge in [-0.2, -0.15) is 0 Å². The van der Waals surface area contributed by atoms with Gasteiger partial charge in [-0.05, 0) is 36.3 Å². The van der Waals surface area contributed by atoms with Crippen LogP contribution in [-0.2, 0) is 9.59 Å². The fourth-order valence-corrected chi connectivity index (χ4v) is 1.68. The highest BCUT2D eigenvalue weighted by Crippen LogP contribution is 2.34. The smallest absolute Gasteiger partial charge is 0.343 e. The minimum absolute atomic E-state index is 0.170. The van der Waals surface area contributed by atoms with Crippen LogP contribution in [0.4, 0.5) is 0 Å². The zero-order chi connectivity index (χ0) is 14.7. The highest BCUT2D eigenvalue weighted by atomic mass is 16.7. The highest BCUT2D eigenvalue weighted by Gasteiger charge is 2.15. The molecule has 104 valence electrons. The van der Waals surface area contributed by atoms with E-state index in [1.54, 1.807) is 25.1 Å². The van der Waals surface area contributed by atoms with Crippen molar-refractivity contribution in [2.45, 2.75) is 6.92 Å². The number of hydrogen-bond donors (Lipinski definition) is 2. The lowest BCUT2D eigenvalue weighted by Gasteiger charge is -2.02. The first-order chi connectivity index (χ1) is 9.49. The number of hydrogen-bond acceptors (Lipinski definition) is 4. The molecule has 1 aromatic carbocycles. The van der Waals surface area contributed by atoms with Gasteiger partial charge in [0, 0.05) is 0 Å². The molecule has 1 heterocycles. The van der Waals surface area contributed by atoms with E-state index in [-0.39, 0.29) is 6.79 Å². The molecule has 0 atom stereocenters. The number of carboxylic acid groups (broad SMARTS) is 2. The van der Waals surface area contributed by atoms with Gasteiger partial charge in [0.25, 0.3) is 0 Å². The maximum Gasteiger partial charge on any atom is 0.343 e. The number of rotatable bonds is 4. The van der Waals surface area contributed by atoms with Crippen LogP contribution in [0.15, 0.2) is 35.9 Å². The standard InChI is InChI=1S/C14H12O6/c1-8(2-4-10(13(15)16)14(17)18)9-3-5-11-12(6-9)20-7-19-11/h2-6H,7H2,1H3,(H,15,16)(H,17,18)/b8-2+. The zero-order valence-electron chi connectivity index (χ0n) is 10.6. The molecule has 0 saturated carbocycles. The van der Waals surface area contributed by atoms with Crippen molar-refractivity contribution in [2.75, 3.05) is 6.79 Å². The van der Waals surface area contributed by atoms with Gasteiger partial charge in [0.05, 0.1) is 0 Å². The molecule has 2 N–H and O–H groups in total. The normalized spacial score (nSPS) is 12.9. The molecule has 0 saturated heterocycles. The number of allylic oxidation sites excluding steroid dienone is 3. The number of ether oxygens (including phenoxy) is 2. The van der Waals surface area contributed by atoms with Crippen LogP contribution in [-0.4, -0.2) is 28.9 Å². The van der Waals surface area contributed by atoms with Gasteiger partial charge in [0.2, 0.25) is 6.79 Å². The van der Waals surface area contributed by atoms with E-state index < -0.39 is 17.5 Å². The fourth-order valence-electron chi connectivity index (χ4n) is 1.68. The van der Waals surface area contributed by atoms with Crippen LogP contribution >= 0.6 is 0 Å². The first-order valence-corrected chi connectivity index (χ1v) is 5.74. The molecule has 20 heavy (non-hydrogen) atoms. The predicted molar refractivity (Wildman–Crippen MR) is 69.6 cm³/mol. The average molecular weight is 276 g/mol. The molecule has 0 amide bonds. The molecule has 1 aliphatic heterocycles. The van der Waals surface area contributed by atoms with Crippen molar-refractivity contribution in [3.8, 4) is 11.5 Å². The molecular weight excluding hydrogens is 264 g/mol. The summed E-state index contributed by atoms with van der Waals surface area (Å²) in [6, 6.07) is 5.28. The van der Waals surface area contributed by atoms with Gasteiger partial charge in [-0.15, -0.1) is 0 Å². The van der Waals surface area contributed by atoms with Gasteiger partial charge in [0.15, 0.2) is 11.5 Å². The SMILES string of the molecule is C/C(=C\C=C(C(=O)O)C(=O)O)c1ccc2c(c1)OCO2. The average Bonchev–Trinajstić information content (AvgIpc) is 2.84. The van der Waals surface area contributed by atoms with Gasteiger partial charge in [-0.3, -0.25) is 0 Å². The number of carbonyl (C=O) groups is 2. The summed E-state index contributed by atoms with van der Waals surface area (Å²) in [6.07, 6.45) is 2.50. The van der Waals surface area contributed by atoms with Crippen molar-refractivity contribution in [3.05, 3.63) is 41.5 Å². The quantitative estimate of drug-likeness (QED) is 0.377. The minimum atomic E-state index is -1.48. The summed E-state index contributed by atoms with van der Waals surface area (Å²) >= 11 is 0. The Morgan fingerprint density at radius 3 is 2.40 bits per heavy atom. The van der Waals surface area contributed by atoms with Crippen molar-refractivity contribution < 1.29 is 29.3 Å². The van der Waals surface area contributed by atoms with Gasteiger partial charge in [-0.25, -0.2) is 9.59 Å². The van der Waals surface area contributed by atoms with Crippen molar-refractivity contribution in [2.24, 2.45) is 0 Å². The monoisotopic (exact) mass is 276 g/mol. The number of aliphatic carboxylic acids is 2. The van der Waals surface area contributed by atoms with Gasteiger partial charge >= 0.3 is 11.9 Å². The molecule has 0 radical (unpaired) electrons. The van der Waals surface area contributed by atoms with Gasteiger partial charge in [0.1, 0.15) is 5.57 Å². The topological polar surface area (TPSA) is 93.1 Å². The largest absolute Gasteiger partial charge is 0.477 e. The van der Waals surface area contributed by atoms with E-state index in [9.17, 15) is 9.59 Å². The highest BCUT2D eigenvalue weighted by molar-refractivity contribution is 6.12. The molecule has 6 heteroatoms. The van der Waals surface area contributed by atoms with Crippen LogP contribution in [0.2, 0.25) is 0 Å². The Morgan fingerprint density at radius 1 is 1.10 bits per heavy atom. The third kappa shape index (κ3) is 2.80. The number of benzene rings is 1. The first kappa shape index (κ1) is 13.7. The molecular formula is C14H12O6. The second-order valence-electron chi connectivity index (χ2n) is 4.11. The molecule has 0 unspecified atom stereocenters.